The number of aromatic hydroxyl groups is 1. The summed E-state index contributed by atoms with van der Waals surface area (Å²) in [7, 11) is 0. The molecule has 0 saturated heterocycles. The number of ether oxygens (including phenoxy) is 1. The number of hydrogen-bond acceptors (Lipinski definition) is 4. The molecule has 3 rings (SSSR count). The first kappa shape index (κ1) is 19.4. The van der Waals surface area contributed by atoms with Gasteiger partial charge in [0.1, 0.15) is 18.1 Å². The maximum Gasteiger partial charge on any atom is 0.255 e. The van der Waals surface area contributed by atoms with Gasteiger partial charge in [-0.1, -0.05) is 39.0 Å². The Bertz CT molecular complexity index is 963. The molecule has 1 aromatic heterocycles. The number of aromatic nitrogens is 1. The van der Waals surface area contributed by atoms with Crippen molar-refractivity contribution in [1.29, 1.82) is 0 Å². The number of nitrogens with zero attached hydrogens (tertiary/aromatic N) is 1. The normalized spacial score (nSPS) is 11.1. The fourth-order valence-corrected chi connectivity index (χ4v) is 2.67. The quantitative estimate of drug-likeness (QED) is 0.620. The van der Waals surface area contributed by atoms with Crippen LogP contribution in [0.5, 0.6) is 11.5 Å². The second kappa shape index (κ2) is 8.13. The summed E-state index contributed by atoms with van der Waals surface area (Å²) in [6.07, 6.45) is 3.44. The first-order valence-corrected chi connectivity index (χ1v) is 9.09. The molecule has 0 atom stereocenters. The van der Waals surface area contributed by atoms with Gasteiger partial charge in [-0.2, -0.15) is 0 Å². The Morgan fingerprint density at radius 3 is 2.64 bits per heavy atom. The Kier molecular flexibility index (Phi) is 5.64. The molecule has 0 aliphatic heterocycles. The molecule has 2 N–H and O–H groups in total. The molecule has 3 aromatic rings. The van der Waals surface area contributed by atoms with Crippen LogP contribution >= 0.6 is 0 Å². The number of pyridine rings is 1. The third-order valence-corrected chi connectivity index (χ3v) is 4.34. The monoisotopic (exact) mass is 376 g/mol. The highest BCUT2D eigenvalue weighted by Crippen LogP contribution is 2.31. The largest absolute Gasteiger partial charge is 0.506 e. The Labute approximate surface area is 165 Å². The highest BCUT2D eigenvalue weighted by atomic mass is 16.5. The van der Waals surface area contributed by atoms with Crippen molar-refractivity contribution in [3.63, 3.8) is 0 Å². The van der Waals surface area contributed by atoms with Crippen molar-refractivity contribution >= 4 is 11.6 Å². The number of carbonyl (C=O) groups excluding carboxylic acids is 1. The lowest BCUT2D eigenvalue weighted by molar-refractivity contribution is 0.102. The van der Waals surface area contributed by atoms with Crippen LogP contribution in [-0.4, -0.2) is 16.0 Å². The zero-order valence-electron chi connectivity index (χ0n) is 16.3. The van der Waals surface area contributed by atoms with Crippen molar-refractivity contribution in [2.45, 2.75) is 32.8 Å². The molecule has 0 bridgehead atoms. The van der Waals surface area contributed by atoms with Crippen LogP contribution in [-0.2, 0) is 12.0 Å². The molecule has 1 amide bonds. The predicted octanol–water partition coefficient (Wildman–Crippen LogP) is 4.92. The highest BCUT2D eigenvalue weighted by Gasteiger charge is 2.17. The standard InChI is InChI=1S/C23H24N2O3/c1-23(2,3)18-9-10-21(26)20(13-18)25-22(27)17-7-4-8-19(12-17)28-15-16-6-5-11-24-14-16/h4-14,26H,15H2,1-3H3,(H,25,27). The molecule has 0 fully saturated rings. The maximum absolute atomic E-state index is 12.7. The van der Waals surface area contributed by atoms with Gasteiger partial charge in [0.2, 0.25) is 0 Å². The van der Waals surface area contributed by atoms with Gasteiger partial charge in [-0.3, -0.25) is 9.78 Å². The molecule has 0 radical (unpaired) electrons. The van der Waals surface area contributed by atoms with Crippen molar-refractivity contribution in [3.05, 3.63) is 83.7 Å². The van der Waals surface area contributed by atoms with E-state index < -0.39 is 0 Å². The number of carbonyl (C=O) groups is 1. The molecule has 1 heterocycles. The van der Waals surface area contributed by atoms with E-state index in [4.69, 9.17) is 4.74 Å². The van der Waals surface area contributed by atoms with Gasteiger partial charge in [0.05, 0.1) is 5.69 Å². The van der Waals surface area contributed by atoms with E-state index in [2.05, 4.69) is 31.1 Å². The van der Waals surface area contributed by atoms with Crippen molar-refractivity contribution in [2.75, 3.05) is 5.32 Å². The molecule has 2 aromatic carbocycles. The minimum absolute atomic E-state index is 0.0327. The number of phenolic OH excluding ortho intramolecular Hbond substituents is 1. The first-order chi connectivity index (χ1) is 13.3. The van der Waals surface area contributed by atoms with E-state index in [1.54, 1.807) is 48.8 Å². The average Bonchev–Trinajstić information content (AvgIpc) is 2.68. The number of hydrogen-bond donors (Lipinski definition) is 2. The topological polar surface area (TPSA) is 71.5 Å². The Morgan fingerprint density at radius 1 is 1.11 bits per heavy atom. The van der Waals surface area contributed by atoms with Gasteiger partial charge < -0.3 is 15.2 Å². The third kappa shape index (κ3) is 4.88. The second-order valence-corrected chi connectivity index (χ2v) is 7.61. The predicted molar refractivity (Wildman–Crippen MR) is 110 cm³/mol. The van der Waals surface area contributed by atoms with Crippen LogP contribution in [0.3, 0.4) is 0 Å². The lowest BCUT2D eigenvalue weighted by Gasteiger charge is -2.20. The van der Waals surface area contributed by atoms with Crippen molar-refractivity contribution < 1.29 is 14.6 Å². The van der Waals surface area contributed by atoms with Gasteiger partial charge in [-0.25, -0.2) is 0 Å². The lowest BCUT2D eigenvalue weighted by atomic mass is 9.87. The zero-order valence-corrected chi connectivity index (χ0v) is 16.3. The smallest absolute Gasteiger partial charge is 0.255 e. The van der Waals surface area contributed by atoms with Crippen LogP contribution in [0.2, 0.25) is 0 Å². The van der Waals surface area contributed by atoms with Crippen LogP contribution in [0.25, 0.3) is 0 Å². The Balaban J connectivity index is 1.73. The molecule has 0 aliphatic rings. The Hall–Kier alpha value is -3.34. The van der Waals surface area contributed by atoms with Crippen LogP contribution in [0, 0.1) is 0 Å². The summed E-state index contributed by atoms with van der Waals surface area (Å²) in [4.78, 5) is 16.7. The van der Waals surface area contributed by atoms with Crippen molar-refractivity contribution in [1.82, 2.24) is 4.98 Å². The van der Waals surface area contributed by atoms with E-state index in [1.165, 1.54) is 0 Å². The van der Waals surface area contributed by atoms with Gasteiger partial charge in [0.25, 0.3) is 5.91 Å². The fourth-order valence-electron chi connectivity index (χ4n) is 2.67. The van der Waals surface area contributed by atoms with Gasteiger partial charge in [0.15, 0.2) is 0 Å². The molecule has 0 unspecified atom stereocenters. The van der Waals surface area contributed by atoms with Gasteiger partial charge in [-0.15, -0.1) is 0 Å². The molecule has 5 heteroatoms. The summed E-state index contributed by atoms with van der Waals surface area (Å²) >= 11 is 0. The number of benzene rings is 2. The summed E-state index contributed by atoms with van der Waals surface area (Å²) < 4.78 is 5.75. The number of nitrogens with one attached hydrogen (secondary N) is 1. The molecule has 0 spiro atoms. The Morgan fingerprint density at radius 2 is 1.93 bits per heavy atom. The molecular weight excluding hydrogens is 352 g/mol. The van der Waals surface area contributed by atoms with Crippen molar-refractivity contribution in [3.8, 4) is 11.5 Å². The summed E-state index contributed by atoms with van der Waals surface area (Å²) in [6, 6.07) is 16.0. The van der Waals surface area contributed by atoms with Gasteiger partial charge >= 0.3 is 0 Å². The van der Waals surface area contributed by atoms with E-state index in [1.807, 2.05) is 18.2 Å². The zero-order chi connectivity index (χ0) is 20.1. The first-order valence-electron chi connectivity index (χ1n) is 9.09. The van der Waals surface area contributed by atoms with E-state index in [-0.39, 0.29) is 17.1 Å². The summed E-state index contributed by atoms with van der Waals surface area (Å²) in [5.74, 6) is 0.308. The summed E-state index contributed by atoms with van der Waals surface area (Å²) in [5.41, 5.74) is 2.71. The van der Waals surface area contributed by atoms with Crippen LogP contribution < -0.4 is 10.1 Å². The lowest BCUT2D eigenvalue weighted by Crippen LogP contribution is -2.15. The SMILES string of the molecule is CC(C)(C)c1ccc(O)c(NC(=O)c2cccc(OCc3cccnc3)c2)c1. The van der Waals surface area contributed by atoms with Crippen molar-refractivity contribution in [2.24, 2.45) is 0 Å². The van der Waals surface area contributed by atoms with Crippen LogP contribution in [0.4, 0.5) is 5.69 Å². The molecule has 5 nitrogen and oxygen atoms in total. The average molecular weight is 376 g/mol. The second-order valence-electron chi connectivity index (χ2n) is 7.61. The summed E-state index contributed by atoms with van der Waals surface area (Å²) in [5, 5.41) is 12.9. The highest BCUT2D eigenvalue weighted by molar-refractivity contribution is 6.05. The minimum atomic E-state index is -0.312. The number of amides is 1. The molecule has 0 saturated carbocycles. The van der Waals surface area contributed by atoms with E-state index >= 15 is 0 Å². The third-order valence-electron chi connectivity index (χ3n) is 4.34. The molecule has 144 valence electrons. The van der Waals surface area contributed by atoms with Crippen LogP contribution in [0.1, 0.15) is 42.3 Å². The van der Waals surface area contributed by atoms with E-state index in [9.17, 15) is 9.90 Å². The van der Waals surface area contributed by atoms with Gasteiger partial charge in [0, 0.05) is 23.5 Å². The van der Waals surface area contributed by atoms with Gasteiger partial charge in [-0.05, 0) is 47.4 Å². The molecule has 0 aliphatic carbocycles. The minimum Gasteiger partial charge on any atom is -0.506 e. The van der Waals surface area contributed by atoms with E-state index in [0.29, 0.717) is 23.6 Å². The summed E-state index contributed by atoms with van der Waals surface area (Å²) in [6.45, 7) is 6.60. The fraction of sp³-hybridized carbons (Fsp3) is 0.217. The maximum atomic E-state index is 12.7. The molecule has 28 heavy (non-hydrogen) atoms. The number of anilines is 1. The number of rotatable bonds is 5. The van der Waals surface area contributed by atoms with E-state index in [0.717, 1.165) is 11.1 Å². The number of phenols is 1. The molecular formula is C23H24N2O3. The van der Waals surface area contributed by atoms with Crippen LogP contribution in [0.15, 0.2) is 67.0 Å².